The molecule has 1 aliphatic carbocycles. The number of piperidine rings is 1. The Balaban J connectivity index is 1.25. The summed E-state index contributed by atoms with van der Waals surface area (Å²) in [5.41, 5.74) is -0.772. The van der Waals surface area contributed by atoms with Gasteiger partial charge in [-0.15, -0.1) is 0 Å². The average Bonchev–Trinajstić information content (AvgIpc) is 2.99. The molecule has 4 atom stereocenters. The van der Waals surface area contributed by atoms with Crippen LogP contribution in [0.1, 0.15) is 12.0 Å². The molecule has 2 aliphatic heterocycles. The van der Waals surface area contributed by atoms with E-state index >= 15 is 0 Å². The molecule has 3 fully saturated rings. The smallest absolute Gasteiger partial charge is 0.356 e. The van der Waals surface area contributed by atoms with Crippen LogP contribution < -0.4 is 10.2 Å². The molecule has 1 aromatic heterocycles. The molecule has 3 heterocycles. The van der Waals surface area contributed by atoms with Gasteiger partial charge in [0.2, 0.25) is 5.91 Å². The average molecular weight is 397 g/mol. The second-order valence-electron chi connectivity index (χ2n) is 7.57. The Morgan fingerprint density at radius 3 is 2.57 bits per heavy atom. The van der Waals surface area contributed by atoms with Crippen molar-refractivity contribution in [1.29, 1.82) is 5.26 Å². The number of likely N-dealkylation sites (tertiary alicyclic amines) is 1. The van der Waals surface area contributed by atoms with Crippen molar-refractivity contribution in [2.24, 2.45) is 11.8 Å². The third-order valence-electron chi connectivity index (χ3n) is 5.80. The lowest BCUT2D eigenvalue weighted by atomic mass is 10.2. The van der Waals surface area contributed by atoms with E-state index in [9.17, 15) is 22.4 Å². The van der Waals surface area contributed by atoms with E-state index in [0.29, 0.717) is 30.7 Å². The van der Waals surface area contributed by atoms with Crippen LogP contribution in [-0.2, 0) is 11.0 Å². The van der Waals surface area contributed by atoms with Crippen molar-refractivity contribution in [3.05, 3.63) is 23.9 Å². The number of hydrogen-bond donors (Lipinski definition) is 1. The van der Waals surface area contributed by atoms with E-state index in [1.165, 1.54) is 11.0 Å². The minimum Gasteiger partial charge on any atom is -0.356 e. The van der Waals surface area contributed by atoms with Crippen molar-refractivity contribution >= 4 is 11.7 Å². The highest BCUT2D eigenvalue weighted by atomic mass is 19.4. The van der Waals surface area contributed by atoms with Gasteiger partial charge >= 0.3 is 6.18 Å². The highest BCUT2D eigenvalue weighted by Crippen LogP contribution is 2.46. The van der Waals surface area contributed by atoms with Crippen molar-refractivity contribution in [3.8, 4) is 6.07 Å². The molecule has 0 spiro atoms. The number of anilines is 1. The number of nitriles is 1. The van der Waals surface area contributed by atoms with Crippen molar-refractivity contribution < 1.29 is 22.4 Å². The number of carbonyl (C=O) groups is 1. The lowest BCUT2D eigenvalue weighted by molar-refractivity contribution is -0.137. The Hall–Kier alpha value is -2.41. The molecule has 150 valence electrons. The van der Waals surface area contributed by atoms with Crippen LogP contribution in [0.5, 0.6) is 0 Å². The topological polar surface area (TPSA) is 72.3 Å². The molecule has 4 rings (SSSR count). The molecule has 1 saturated carbocycles. The number of pyridine rings is 1. The molecule has 1 amide bonds. The summed E-state index contributed by atoms with van der Waals surface area (Å²) >= 11 is 0. The van der Waals surface area contributed by atoms with Crippen LogP contribution in [-0.4, -0.2) is 60.2 Å². The maximum atomic E-state index is 13.4. The summed E-state index contributed by atoms with van der Waals surface area (Å²) in [6, 6.07) is 3.81. The molecule has 0 aromatic carbocycles. The third kappa shape index (κ3) is 3.51. The molecular formula is C18H19F4N5O. The lowest BCUT2D eigenvalue weighted by Crippen LogP contribution is -2.43. The minimum atomic E-state index is -4.40. The molecule has 0 radical (unpaired) electrons. The zero-order valence-electron chi connectivity index (χ0n) is 14.9. The maximum Gasteiger partial charge on any atom is 0.417 e. The SMILES string of the molecule is N#C[C@@H]1C[C@H](F)CN1C(=O)CNC1C2CN(c3ccc(C(F)(F)F)cn3)CC21. The number of halogens is 4. The largest absolute Gasteiger partial charge is 0.417 e. The Labute approximate surface area is 159 Å². The van der Waals surface area contributed by atoms with Gasteiger partial charge < -0.3 is 15.1 Å². The predicted molar refractivity (Wildman–Crippen MR) is 90.8 cm³/mol. The van der Waals surface area contributed by atoms with E-state index < -0.39 is 24.0 Å². The van der Waals surface area contributed by atoms with Crippen LogP contribution in [0.2, 0.25) is 0 Å². The van der Waals surface area contributed by atoms with E-state index in [1.807, 2.05) is 11.0 Å². The van der Waals surface area contributed by atoms with Crippen molar-refractivity contribution in [2.75, 3.05) is 31.1 Å². The van der Waals surface area contributed by atoms with Gasteiger partial charge in [-0.2, -0.15) is 18.4 Å². The first-order chi connectivity index (χ1) is 13.3. The van der Waals surface area contributed by atoms with Gasteiger partial charge in [0.05, 0.1) is 24.7 Å². The summed E-state index contributed by atoms with van der Waals surface area (Å²) in [5.74, 6) is 0.836. The minimum absolute atomic E-state index is 0.0381. The summed E-state index contributed by atoms with van der Waals surface area (Å²) in [6.07, 6.45) is -4.65. The van der Waals surface area contributed by atoms with E-state index in [2.05, 4.69) is 10.3 Å². The second kappa shape index (κ2) is 6.88. The highest BCUT2D eigenvalue weighted by Gasteiger charge is 2.56. The highest BCUT2D eigenvalue weighted by molar-refractivity contribution is 5.79. The zero-order valence-corrected chi connectivity index (χ0v) is 14.9. The first-order valence-electron chi connectivity index (χ1n) is 9.12. The predicted octanol–water partition coefficient (Wildman–Crippen LogP) is 1.59. The van der Waals surface area contributed by atoms with Gasteiger partial charge in [0.25, 0.3) is 0 Å². The van der Waals surface area contributed by atoms with Crippen LogP contribution in [0, 0.1) is 23.2 Å². The van der Waals surface area contributed by atoms with Crippen molar-refractivity contribution in [1.82, 2.24) is 15.2 Å². The van der Waals surface area contributed by atoms with E-state index in [4.69, 9.17) is 5.26 Å². The van der Waals surface area contributed by atoms with Crippen LogP contribution in [0.15, 0.2) is 18.3 Å². The Morgan fingerprint density at radius 2 is 2.00 bits per heavy atom. The molecule has 3 aliphatic rings. The molecule has 2 saturated heterocycles. The quantitative estimate of drug-likeness (QED) is 0.782. The van der Waals surface area contributed by atoms with Gasteiger partial charge in [-0.05, 0) is 24.0 Å². The number of aromatic nitrogens is 1. The molecule has 6 nitrogen and oxygen atoms in total. The van der Waals surface area contributed by atoms with Crippen LogP contribution in [0.4, 0.5) is 23.4 Å². The second-order valence-corrected chi connectivity index (χ2v) is 7.57. The lowest BCUT2D eigenvalue weighted by Gasteiger charge is -2.22. The first-order valence-corrected chi connectivity index (χ1v) is 9.12. The van der Waals surface area contributed by atoms with E-state index in [1.54, 1.807) is 0 Å². The third-order valence-corrected chi connectivity index (χ3v) is 5.80. The van der Waals surface area contributed by atoms with Gasteiger partial charge in [-0.3, -0.25) is 4.79 Å². The number of fused-ring (bicyclic) bond motifs is 1. The molecule has 10 heteroatoms. The van der Waals surface area contributed by atoms with Crippen molar-refractivity contribution in [2.45, 2.75) is 30.9 Å². The van der Waals surface area contributed by atoms with E-state index in [0.717, 1.165) is 12.3 Å². The Kier molecular flexibility index (Phi) is 4.65. The fraction of sp³-hybridized carbons (Fsp3) is 0.611. The van der Waals surface area contributed by atoms with Gasteiger partial charge in [0.1, 0.15) is 18.0 Å². The fourth-order valence-electron chi connectivity index (χ4n) is 4.25. The normalized spacial score (nSPS) is 31.6. The molecule has 2 unspecified atom stereocenters. The zero-order chi connectivity index (χ0) is 20.1. The Bertz CT molecular complexity index is 781. The number of amides is 1. The van der Waals surface area contributed by atoms with Gasteiger partial charge in [-0.25, -0.2) is 9.37 Å². The van der Waals surface area contributed by atoms with Crippen LogP contribution >= 0.6 is 0 Å². The molecule has 28 heavy (non-hydrogen) atoms. The number of nitrogens with one attached hydrogen (secondary N) is 1. The number of nitrogens with zero attached hydrogens (tertiary/aromatic N) is 4. The summed E-state index contributed by atoms with van der Waals surface area (Å²) in [5, 5.41) is 12.2. The number of rotatable bonds is 4. The van der Waals surface area contributed by atoms with Crippen LogP contribution in [0.25, 0.3) is 0 Å². The van der Waals surface area contributed by atoms with Gasteiger partial charge in [0, 0.05) is 31.7 Å². The molecule has 1 N–H and O–H groups in total. The van der Waals surface area contributed by atoms with Crippen LogP contribution in [0.3, 0.4) is 0 Å². The first kappa shape index (κ1) is 18.9. The maximum absolute atomic E-state index is 13.4. The van der Waals surface area contributed by atoms with E-state index in [-0.39, 0.29) is 31.5 Å². The number of alkyl halides is 4. The van der Waals surface area contributed by atoms with Crippen molar-refractivity contribution in [3.63, 3.8) is 0 Å². The molecule has 1 aromatic rings. The number of carbonyl (C=O) groups excluding carboxylic acids is 1. The Morgan fingerprint density at radius 1 is 1.29 bits per heavy atom. The molecule has 0 bridgehead atoms. The summed E-state index contributed by atoms with van der Waals surface area (Å²) < 4.78 is 51.3. The fourth-order valence-corrected chi connectivity index (χ4v) is 4.25. The monoisotopic (exact) mass is 397 g/mol. The standard InChI is InChI=1S/C18H19F4N5O/c19-11-3-12(4-23)27(7-11)16(28)6-25-17-13-8-26(9-14(13)17)15-2-1-10(5-24-15)18(20,21)22/h1-2,5,11-14,17,25H,3,6-9H2/t11-,12-,13?,14?,17?/m0/s1. The summed E-state index contributed by atoms with van der Waals surface area (Å²) in [4.78, 5) is 19.4. The van der Waals surface area contributed by atoms with Gasteiger partial charge in [0.15, 0.2) is 0 Å². The number of hydrogen-bond acceptors (Lipinski definition) is 5. The van der Waals surface area contributed by atoms with Gasteiger partial charge in [-0.1, -0.05) is 0 Å². The summed E-state index contributed by atoms with van der Waals surface area (Å²) in [7, 11) is 0. The summed E-state index contributed by atoms with van der Waals surface area (Å²) in [6.45, 7) is 1.34. The molecular weight excluding hydrogens is 378 g/mol.